The van der Waals surface area contributed by atoms with Crippen LogP contribution in [0.15, 0.2) is 71.6 Å². The molecule has 0 radical (unpaired) electrons. The molecular weight excluding hydrogens is 461 g/mol. The van der Waals surface area contributed by atoms with E-state index < -0.39 is 27.7 Å². The van der Waals surface area contributed by atoms with Crippen LogP contribution in [0.2, 0.25) is 0 Å². The molecule has 0 unspecified atom stereocenters. The number of ether oxygens (including phenoxy) is 2. The van der Waals surface area contributed by atoms with E-state index in [2.05, 4.69) is 10.0 Å². The number of sulfonamides is 1. The van der Waals surface area contributed by atoms with Crippen molar-refractivity contribution < 1.29 is 35.9 Å². The molecule has 1 heterocycles. The lowest BCUT2D eigenvalue weighted by molar-refractivity contribution is -0.137. The van der Waals surface area contributed by atoms with Crippen LogP contribution >= 0.6 is 0 Å². The SMILES string of the molecule is O=C(Nc1ccccc1NS(=O)(=O)c1ccc2c(c1)OCCO2)c1ccc(C(F)(F)F)cc1. The van der Waals surface area contributed by atoms with Crippen molar-refractivity contribution in [1.29, 1.82) is 0 Å². The second-order valence-electron chi connectivity index (χ2n) is 6.99. The number of para-hydroxylation sites is 2. The molecule has 33 heavy (non-hydrogen) atoms. The Bertz CT molecular complexity index is 1290. The van der Waals surface area contributed by atoms with Crippen LogP contribution < -0.4 is 19.5 Å². The number of amides is 1. The Kier molecular flexibility index (Phi) is 5.90. The van der Waals surface area contributed by atoms with Crippen LogP contribution in [-0.4, -0.2) is 27.5 Å². The van der Waals surface area contributed by atoms with Gasteiger partial charge in [-0.15, -0.1) is 0 Å². The van der Waals surface area contributed by atoms with Gasteiger partial charge in [0.25, 0.3) is 15.9 Å². The Labute approximate surface area is 187 Å². The lowest BCUT2D eigenvalue weighted by Crippen LogP contribution is -2.19. The zero-order valence-corrected chi connectivity index (χ0v) is 17.7. The highest BCUT2D eigenvalue weighted by Crippen LogP contribution is 2.34. The standard InChI is InChI=1S/C22H17F3N2O5S/c23-22(24,25)15-7-5-14(6-8-15)21(28)26-17-3-1-2-4-18(17)27-33(29,30)16-9-10-19-20(13-16)32-12-11-31-19/h1-10,13,27H,11-12H2,(H,26,28). The van der Waals surface area contributed by atoms with Gasteiger partial charge in [0, 0.05) is 11.6 Å². The normalized spacial score (nSPS) is 13.3. The van der Waals surface area contributed by atoms with Crippen LogP contribution in [0.4, 0.5) is 24.5 Å². The molecule has 0 fully saturated rings. The molecule has 0 aliphatic carbocycles. The molecule has 1 amide bonds. The van der Waals surface area contributed by atoms with E-state index in [9.17, 15) is 26.4 Å². The maximum absolute atomic E-state index is 12.9. The van der Waals surface area contributed by atoms with E-state index in [1.165, 1.54) is 30.3 Å². The van der Waals surface area contributed by atoms with E-state index in [0.29, 0.717) is 24.7 Å². The highest BCUT2D eigenvalue weighted by molar-refractivity contribution is 7.92. The van der Waals surface area contributed by atoms with Crippen molar-refractivity contribution in [2.24, 2.45) is 0 Å². The number of alkyl halides is 3. The topological polar surface area (TPSA) is 93.7 Å². The quantitative estimate of drug-likeness (QED) is 0.562. The molecule has 172 valence electrons. The third-order valence-electron chi connectivity index (χ3n) is 4.72. The van der Waals surface area contributed by atoms with Crippen molar-refractivity contribution in [2.75, 3.05) is 23.3 Å². The largest absolute Gasteiger partial charge is 0.486 e. The van der Waals surface area contributed by atoms with E-state index >= 15 is 0 Å². The molecule has 1 aliphatic heterocycles. The summed E-state index contributed by atoms with van der Waals surface area (Å²) in [5.41, 5.74) is -0.699. The summed E-state index contributed by atoms with van der Waals surface area (Å²) in [6.07, 6.45) is -4.52. The number of nitrogens with one attached hydrogen (secondary N) is 2. The summed E-state index contributed by atoms with van der Waals surface area (Å²) in [5, 5.41) is 2.52. The van der Waals surface area contributed by atoms with Gasteiger partial charge in [-0.3, -0.25) is 9.52 Å². The summed E-state index contributed by atoms with van der Waals surface area (Å²) in [6.45, 7) is 0.659. The van der Waals surface area contributed by atoms with Crippen LogP contribution in [0.25, 0.3) is 0 Å². The van der Waals surface area contributed by atoms with Gasteiger partial charge in [0.05, 0.1) is 21.8 Å². The van der Waals surface area contributed by atoms with Crippen LogP contribution in [0.5, 0.6) is 11.5 Å². The second kappa shape index (κ2) is 8.66. The van der Waals surface area contributed by atoms with Gasteiger partial charge in [0.15, 0.2) is 11.5 Å². The average molecular weight is 478 g/mol. The fraction of sp³-hybridized carbons (Fsp3) is 0.136. The molecule has 4 rings (SSSR count). The number of hydrogen-bond acceptors (Lipinski definition) is 5. The molecule has 0 spiro atoms. The van der Waals surface area contributed by atoms with Crippen molar-refractivity contribution in [2.45, 2.75) is 11.1 Å². The molecule has 2 N–H and O–H groups in total. The molecule has 0 atom stereocenters. The van der Waals surface area contributed by atoms with Crippen molar-refractivity contribution in [3.05, 3.63) is 77.9 Å². The van der Waals surface area contributed by atoms with E-state index in [-0.39, 0.29) is 21.8 Å². The monoisotopic (exact) mass is 478 g/mol. The van der Waals surface area contributed by atoms with E-state index in [0.717, 1.165) is 24.3 Å². The molecule has 0 saturated heterocycles. The molecule has 1 aliphatic rings. The van der Waals surface area contributed by atoms with Gasteiger partial charge in [0.2, 0.25) is 0 Å². The average Bonchev–Trinajstić information content (AvgIpc) is 2.79. The summed E-state index contributed by atoms with van der Waals surface area (Å²) in [7, 11) is -4.05. The maximum atomic E-state index is 12.9. The van der Waals surface area contributed by atoms with Crippen LogP contribution in [0.3, 0.4) is 0 Å². The van der Waals surface area contributed by atoms with Gasteiger partial charge in [0.1, 0.15) is 13.2 Å². The Morgan fingerprint density at radius 1 is 0.848 bits per heavy atom. The number of carbonyl (C=O) groups is 1. The molecule has 3 aromatic rings. The number of halogens is 3. The molecule has 0 aromatic heterocycles. The van der Waals surface area contributed by atoms with Gasteiger partial charge in [-0.05, 0) is 48.5 Å². The first-order valence-electron chi connectivity index (χ1n) is 9.64. The Morgan fingerprint density at radius 2 is 1.48 bits per heavy atom. The summed E-state index contributed by atoms with van der Waals surface area (Å²) >= 11 is 0. The number of fused-ring (bicyclic) bond motifs is 1. The minimum atomic E-state index is -4.52. The molecule has 3 aromatic carbocycles. The van der Waals surface area contributed by atoms with Crippen LogP contribution in [-0.2, 0) is 16.2 Å². The minimum Gasteiger partial charge on any atom is -0.486 e. The molecular formula is C22H17F3N2O5S. The second-order valence-corrected chi connectivity index (χ2v) is 8.67. The van der Waals surface area contributed by atoms with E-state index in [1.54, 1.807) is 12.1 Å². The van der Waals surface area contributed by atoms with Gasteiger partial charge in [-0.25, -0.2) is 8.42 Å². The summed E-state index contributed by atoms with van der Waals surface area (Å²) < 4.78 is 77.2. The molecule has 7 nitrogen and oxygen atoms in total. The van der Waals surface area contributed by atoms with Gasteiger partial charge < -0.3 is 14.8 Å². The first-order chi connectivity index (χ1) is 15.6. The van der Waals surface area contributed by atoms with E-state index in [1.807, 2.05) is 0 Å². The summed E-state index contributed by atoms with van der Waals surface area (Å²) in [4.78, 5) is 12.4. The third kappa shape index (κ3) is 5.03. The van der Waals surface area contributed by atoms with Crippen molar-refractivity contribution >= 4 is 27.3 Å². The zero-order valence-electron chi connectivity index (χ0n) is 16.8. The Hall–Kier alpha value is -3.73. The first-order valence-corrected chi connectivity index (χ1v) is 11.1. The maximum Gasteiger partial charge on any atom is 0.416 e. The zero-order chi connectivity index (χ0) is 23.6. The molecule has 11 heteroatoms. The predicted octanol–water partition coefficient (Wildman–Crippen LogP) is 4.53. The number of hydrogen-bond donors (Lipinski definition) is 2. The Morgan fingerprint density at radius 3 is 2.15 bits per heavy atom. The lowest BCUT2D eigenvalue weighted by atomic mass is 10.1. The Balaban J connectivity index is 1.54. The fourth-order valence-corrected chi connectivity index (χ4v) is 4.18. The van der Waals surface area contributed by atoms with Crippen molar-refractivity contribution in [1.82, 2.24) is 0 Å². The summed E-state index contributed by atoms with van der Waals surface area (Å²) in [5.74, 6) is 0.0344. The number of rotatable bonds is 5. The van der Waals surface area contributed by atoms with Gasteiger partial charge >= 0.3 is 6.18 Å². The van der Waals surface area contributed by atoms with Gasteiger partial charge in [-0.2, -0.15) is 13.2 Å². The molecule has 0 bridgehead atoms. The highest BCUT2D eigenvalue weighted by atomic mass is 32.2. The predicted molar refractivity (Wildman–Crippen MR) is 114 cm³/mol. The smallest absolute Gasteiger partial charge is 0.416 e. The number of benzene rings is 3. The van der Waals surface area contributed by atoms with Crippen molar-refractivity contribution in [3.63, 3.8) is 0 Å². The highest BCUT2D eigenvalue weighted by Gasteiger charge is 2.30. The first kappa shape index (κ1) is 22.5. The molecule has 0 saturated carbocycles. The third-order valence-corrected chi connectivity index (χ3v) is 6.08. The minimum absolute atomic E-state index is 0.0208. The fourth-order valence-electron chi connectivity index (χ4n) is 3.08. The van der Waals surface area contributed by atoms with Crippen LogP contribution in [0, 0.1) is 0 Å². The lowest BCUT2D eigenvalue weighted by Gasteiger charge is -2.19. The van der Waals surface area contributed by atoms with Gasteiger partial charge in [-0.1, -0.05) is 12.1 Å². The number of anilines is 2. The van der Waals surface area contributed by atoms with Crippen LogP contribution in [0.1, 0.15) is 15.9 Å². The summed E-state index contributed by atoms with van der Waals surface area (Å²) in [6, 6.07) is 13.9. The van der Waals surface area contributed by atoms with E-state index in [4.69, 9.17) is 9.47 Å². The van der Waals surface area contributed by atoms with Crippen molar-refractivity contribution in [3.8, 4) is 11.5 Å². The number of carbonyl (C=O) groups excluding carboxylic acids is 1.